The first-order valence-electron chi connectivity index (χ1n) is 31.9. The summed E-state index contributed by atoms with van der Waals surface area (Å²) in [5, 5.41) is 44.7. The summed E-state index contributed by atoms with van der Waals surface area (Å²) >= 11 is 0. The minimum absolute atomic E-state index is 0. The third-order valence-electron chi connectivity index (χ3n) is 16.1. The van der Waals surface area contributed by atoms with Crippen molar-refractivity contribution in [1.29, 1.82) is 0 Å². The zero-order valence-corrected chi connectivity index (χ0v) is 57.1. The Hall–Kier alpha value is -3.80. The van der Waals surface area contributed by atoms with Gasteiger partial charge >= 0.3 is 24.8 Å². The second-order valence-corrected chi connectivity index (χ2v) is 23.0. The molecule has 0 spiro atoms. The van der Waals surface area contributed by atoms with Crippen molar-refractivity contribution in [1.82, 2.24) is 20.4 Å². The Morgan fingerprint density at radius 2 is 0.736 bits per heavy atom. The number of ketones is 2. The number of carboxylic acids is 2. The van der Waals surface area contributed by atoms with Crippen LogP contribution in [-0.4, -0.2) is 110 Å². The van der Waals surface area contributed by atoms with Crippen molar-refractivity contribution in [3.05, 3.63) is 59.7 Å². The Bertz CT molecular complexity index is 2050. The Labute approximate surface area is 561 Å². The average molecular weight is 1290 g/mol. The quantitative estimate of drug-likeness (QED) is 0.0309. The van der Waals surface area contributed by atoms with E-state index in [9.17, 15) is 58.8 Å². The Balaban J connectivity index is -0.00000153. The summed E-state index contributed by atoms with van der Waals surface area (Å²) in [4.78, 5) is 103. The summed E-state index contributed by atoms with van der Waals surface area (Å²) in [6, 6.07) is 8.80. The number of phenols is 2. The molecule has 2 aromatic carbocycles. The van der Waals surface area contributed by atoms with Crippen LogP contribution in [0.15, 0.2) is 48.5 Å². The molecule has 5 N–H and O–H groups in total. The van der Waals surface area contributed by atoms with Crippen molar-refractivity contribution in [3.8, 4) is 11.5 Å². The number of rotatable bonds is 44. The maximum absolute atomic E-state index is 12.9. The monoisotopic (exact) mass is 1290 g/mol. The molecular weight excluding hydrogens is 1180 g/mol. The normalized spacial score (nSPS) is 14.6. The minimum atomic E-state index is -1.42. The number of hydrogen-bond donors (Lipinski definition) is 5. The number of hydrogen-bond acceptors (Lipinski definition) is 11. The van der Waals surface area contributed by atoms with E-state index < -0.39 is 47.9 Å². The predicted molar refractivity (Wildman–Crippen MR) is 360 cm³/mol. The van der Waals surface area contributed by atoms with Crippen LogP contribution in [0.3, 0.4) is 0 Å². The van der Waals surface area contributed by atoms with Gasteiger partial charge in [-0.1, -0.05) is 192 Å². The molecule has 2 aliphatic heterocycles. The zero-order chi connectivity index (χ0) is 59.7. The first-order chi connectivity index (χ1) is 39.6. The molecule has 2 fully saturated rings. The predicted octanol–water partition coefficient (Wildman–Crippen LogP) is 8.77. The van der Waals surface area contributed by atoms with E-state index in [1.54, 1.807) is 34.1 Å². The van der Waals surface area contributed by atoms with E-state index in [4.69, 9.17) is 0 Å². The number of aromatic hydroxyl groups is 2. The largest absolute Gasteiger partial charge is 1.00 e. The van der Waals surface area contributed by atoms with Crippen LogP contribution in [0.25, 0.3) is 0 Å². The molecule has 2 saturated heterocycles. The number of phenolic OH excluding ortho intramolecular Hbond substituents is 2. The van der Waals surface area contributed by atoms with E-state index in [2.05, 4.69) is 24.5 Å². The molecule has 4 rings (SSSR count). The molecular formula is C66H111LiN4O12S4. The fourth-order valence-electron chi connectivity index (χ4n) is 11.1. The van der Waals surface area contributed by atoms with E-state index >= 15 is 0 Å². The number of aliphatic carboxylic acids is 2. The third-order valence-corrected chi connectivity index (χ3v) is 16.1. The molecule has 492 valence electrons. The van der Waals surface area contributed by atoms with E-state index in [-0.39, 0.29) is 146 Å². The first-order valence-corrected chi connectivity index (χ1v) is 31.9. The summed E-state index contributed by atoms with van der Waals surface area (Å²) in [5.74, 6) is -3.76. The molecule has 2 aliphatic rings. The number of carbonyl (C=O) groups excluding carboxylic acids is 7. The summed E-state index contributed by atoms with van der Waals surface area (Å²) < 4.78 is 0. The van der Waals surface area contributed by atoms with Gasteiger partial charge in [0.05, 0.1) is 24.1 Å². The topological polar surface area (TPSA) is 251 Å². The van der Waals surface area contributed by atoms with Gasteiger partial charge in [-0.2, -0.15) is 54.0 Å². The van der Waals surface area contributed by atoms with Crippen molar-refractivity contribution in [3.63, 3.8) is 0 Å². The maximum atomic E-state index is 12.9. The van der Waals surface area contributed by atoms with Crippen LogP contribution in [0.5, 0.6) is 11.5 Å². The van der Waals surface area contributed by atoms with Gasteiger partial charge < -0.3 is 45.7 Å². The molecule has 0 saturated carbocycles. The Morgan fingerprint density at radius 3 is 1.03 bits per heavy atom. The third kappa shape index (κ3) is 39.2. The van der Waals surface area contributed by atoms with Crippen molar-refractivity contribution < 1.29 is 77.6 Å². The van der Waals surface area contributed by atoms with E-state index in [0.29, 0.717) is 49.9 Å². The van der Waals surface area contributed by atoms with Gasteiger partial charge in [0.2, 0.25) is 23.6 Å². The number of unbranched alkanes of at least 4 members (excludes halogenated alkanes) is 24. The van der Waals surface area contributed by atoms with Crippen LogP contribution in [0.2, 0.25) is 0 Å². The molecule has 0 bridgehead atoms. The fraction of sp³-hybridized carbons (Fsp3) is 0.697. The minimum Gasteiger partial charge on any atom is -0.548 e. The summed E-state index contributed by atoms with van der Waals surface area (Å²) in [5.41, 5.74) is 1.28. The average Bonchev–Trinajstić information content (AvgIpc) is 4.42. The summed E-state index contributed by atoms with van der Waals surface area (Å²) in [6.45, 7) is 5.64. The van der Waals surface area contributed by atoms with Gasteiger partial charge in [-0.25, -0.2) is 4.79 Å². The summed E-state index contributed by atoms with van der Waals surface area (Å²) in [6.07, 6.45) is 35.9. The number of amides is 4. The van der Waals surface area contributed by atoms with Crippen LogP contribution in [-0.2, 0) is 51.2 Å². The van der Waals surface area contributed by atoms with Gasteiger partial charge in [-0.3, -0.25) is 28.8 Å². The second-order valence-electron chi connectivity index (χ2n) is 23.0. The van der Waals surface area contributed by atoms with Crippen molar-refractivity contribution in [2.75, 3.05) is 13.1 Å². The number of nitrogens with zero attached hydrogens (tertiary/aromatic N) is 2. The summed E-state index contributed by atoms with van der Waals surface area (Å²) in [7, 11) is 0. The smallest absolute Gasteiger partial charge is 0.548 e. The fourth-order valence-corrected chi connectivity index (χ4v) is 11.1. The van der Waals surface area contributed by atoms with Crippen molar-refractivity contribution >= 4 is 101 Å². The van der Waals surface area contributed by atoms with Gasteiger partial charge in [-0.05, 0) is 80.3 Å². The molecule has 16 nitrogen and oxygen atoms in total. The van der Waals surface area contributed by atoms with E-state index in [1.807, 2.05) is 0 Å². The van der Waals surface area contributed by atoms with Gasteiger partial charge in [-0.15, -0.1) is 0 Å². The molecule has 0 aliphatic carbocycles. The number of nitrogens with one attached hydrogen (secondary N) is 2. The second kappa shape index (κ2) is 54.0. The van der Waals surface area contributed by atoms with Crippen LogP contribution in [0, 0.1) is 0 Å². The number of benzene rings is 2. The van der Waals surface area contributed by atoms with Crippen LogP contribution >= 0.6 is 54.0 Å². The molecule has 2 heterocycles. The zero-order valence-electron chi connectivity index (χ0n) is 53.1. The number of Topliss-reactive ketones (excluding diaryl/α,β-unsaturated/α-hetero) is 2. The van der Waals surface area contributed by atoms with Crippen LogP contribution in [0.1, 0.15) is 256 Å². The van der Waals surface area contributed by atoms with E-state index in [1.165, 1.54) is 153 Å². The first kappa shape index (κ1) is 87.4. The molecule has 4 amide bonds. The van der Waals surface area contributed by atoms with Gasteiger partial charge in [0.15, 0.2) is 11.6 Å². The molecule has 4 atom stereocenters. The van der Waals surface area contributed by atoms with Crippen LogP contribution < -0.4 is 34.6 Å². The maximum Gasteiger partial charge on any atom is 1.00 e. The Morgan fingerprint density at radius 1 is 0.448 bits per heavy atom. The standard InChI is InChI=1S/2C33H52N2O6.Li.4H2S/c2*1-2-3-4-5-6-7-8-9-10-11-12-13-14-17-32(39)35-24-15-16-29(35)30(37)22-23-31(38)34-28(33(40)41)25-26-18-20-27(36)21-19-26;;;;;/h2*18-21,28-29,36H,2-17,22-25H2,1H3,(H,34,38)(H,40,41);;4*1H2/q;;+1;;;;/p-1/t2*28-,29-;;;;;/m00...../s1. The number of carbonyl (C=O) groups is 8. The van der Waals surface area contributed by atoms with E-state index in [0.717, 1.165) is 51.4 Å². The SMILES string of the molecule is CCCCCCCCCCCCCCCC(=O)N1CCC[C@H]1C(=O)CCC(=O)N[C@@H](Cc1ccc(O)cc1)C(=O)O.CCCCCCCCCCCCCCCC(=O)N1CCC[C@H]1C(=O)CCC(=O)N[C@@H](Cc1ccc(O)cc1)C(=O)[O-].S.S.S.S.[Li+]. The molecule has 0 radical (unpaired) electrons. The van der Waals surface area contributed by atoms with Gasteiger partial charge in [0.1, 0.15) is 17.5 Å². The van der Waals surface area contributed by atoms with Gasteiger partial charge in [0.25, 0.3) is 0 Å². The van der Waals surface area contributed by atoms with Crippen LogP contribution in [0.4, 0.5) is 0 Å². The van der Waals surface area contributed by atoms with Gasteiger partial charge in [0, 0.05) is 58.0 Å². The molecule has 21 heteroatoms. The Kier molecular flexibility index (Phi) is 54.2. The number of carboxylic acid groups (broad SMARTS) is 2. The number of likely N-dealkylation sites (tertiary alicyclic amines) is 2. The molecule has 87 heavy (non-hydrogen) atoms. The molecule has 0 aromatic heterocycles. The van der Waals surface area contributed by atoms with Crippen molar-refractivity contribution in [2.45, 2.75) is 282 Å². The molecule has 2 aromatic rings. The molecule has 0 unspecified atom stereocenters. The van der Waals surface area contributed by atoms with Crippen molar-refractivity contribution in [2.24, 2.45) is 0 Å².